The zero-order chi connectivity index (χ0) is 24.9. The number of terminal acetylenes is 1. The number of ether oxygens (including phenoxy) is 1. The van der Waals surface area contributed by atoms with Crippen LogP contribution in [0.25, 0.3) is 0 Å². The van der Waals surface area contributed by atoms with Gasteiger partial charge in [-0.15, -0.1) is 25.5 Å². The normalized spacial score (nSPS) is 11.5. The molecule has 0 aliphatic heterocycles. The number of nitrogens with two attached hydrogens (primary N) is 1. The molecule has 178 valence electrons. The van der Waals surface area contributed by atoms with Gasteiger partial charge in [0.25, 0.3) is 0 Å². The highest BCUT2D eigenvalue weighted by molar-refractivity contribution is 7.94. The molecular formula is C21H37N2O6PS. The van der Waals surface area contributed by atoms with Gasteiger partial charge in [-0.3, -0.25) is 14.1 Å². The van der Waals surface area contributed by atoms with E-state index in [2.05, 4.69) is 49.1 Å². The van der Waals surface area contributed by atoms with E-state index >= 15 is 0 Å². The lowest BCUT2D eigenvalue weighted by Gasteiger charge is -2.22. The third-order valence-electron chi connectivity index (χ3n) is 2.86. The van der Waals surface area contributed by atoms with Crippen LogP contribution in [-0.2, 0) is 23.4 Å². The van der Waals surface area contributed by atoms with Crippen molar-refractivity contribution in [2.45, 2.75) is 47.5 Å². The Morgan fingerprint density at radius 1 is 1.23 bits per heavy atom. The number of hydrogen-bond donors (Lipinski definition) is 3. The first-order valence-corrected chi connectivity index (χ1v) is 11.6. The lowest BCUT2D eigenvalue weighted by atomic mass is 9.93. The van der Waals surface area contributed by atoms with Crippen molar-refractivity contribution >= 4 is 37.7 Å². The molecule has 0 fully saturated rings. The van der Waals surface area contributed by atoms with Crippen molar-refractivity contribution in [2.75, 3.05) is 26.0 Å². The van der Waals surface area contributed by atoms with E-state index in [1.165, 1.54) is 13.5 Å². The fourth-order valence-electron chi connectivity index (χ4n) is 1.48. The lowest BCUT2D eigenvalue weighted by Crippen LogP contribution is -2.25. The first-order chi connectivity index (χ1) is 14.5. The summed E-state index contributed by atoms with van der Waals surface area (Å²) in [6.07, 6.45) is 9.93. The van der Waals surface area contributed by atoms with E-state index in [4.69, 9.17) is 19.6 Å². The Hall–Kier alpha value is -1.98. The molecule has 0 saturated heterocycles. The molecule has 1 atom stereocenters. The minimum Gasteiger partial charge on any atom is -0.468 e. The Kier molecular flexibility index (Phi) is 21.7. The third-order valence-corrected chi connectivity index (χ3v) is 4.38. The largest absolute Gasteiger partial charge is 0.468 e. The molecule has 0 bridgehead atoms. The summed E-state index contributed by atoms with van der Waals surface area (Å²) in [5.41, 5.74) is 6.63. The second-order valence-electron chi connectivity index (χ2n) is 7.03. The van der Waals surface area contributed by atoms with Crippen LogP contribution in [0.15, 0.2) is 24.3 Å². The van der Waals surface area contributed by atoms with Gasteiger partial charge in [-0.2, -0.15) is 0 Å². The summed E-state index contributed by atoms with van der Waals surface area (Å²) in [7, 11) is -2.45. The predicted molar refractivity (Wildman–Crippen MR) is 131 cm³/mol. The Morgan fingerprint density at radius 3 is 2.06 bits per heavy atom. The standard InChI is InChI=1S/C15H25N2O5P.C3H8.C2H2.CH2OS/c1-15(2,3)9-10-21-23(19,17-11-14(18)20-4)22-13-7-5-12(16)6-8-13;1-3-2;1-2;2-1-3/h5-8H,9-11,16H2,1-4H3,(H,17,19);3H2,1-2H3;1-2H;1H,(H,2,3). The molecule has 0 radical (unpaired) electrons. The zero-order valence-corrected chi connectivity index (χ0v) is 21.1. The second-order valence-corrected chi connectivity index (χ2v) is 8.99. The summed E-state index contributed by atoms with van der Waals surface area (Å²) in [5.74, 6) is -0.235. The maximum atomic E-state index is 12.8. The molecule has 0 aliphatic rings. The number of carbonyl (C=O) groups is 2. The molecule has 0 aromatic heterocycles. The number of methoxy groups -OCH3 is 1. The minimum absolute atomic E-state index is 0.0222. The molecule has 0 saturated carbocycles. The summed E-state index contributed by atoms with van der Waals surface area (Å²) < 4.78 is 28.1. The number of anilines is 1. The quantitative estimate of drug-likeness (QED) is 0.123. The van der Waals surface area contributed by atoms with Crippen LogP contribution in [0, 0.1) is 18.3 Å². The van der Waals surface area contributed by atoms with Crippen LogP contribution >= 0.6 is 20.4 Å². The second kappa shape index (κ2) is 20.0. The van der Waals surface area contributed by atoms with Crippen LogP contribution in [-0.4, -0.2) is 31.8 Å². The molecule has 0 amide bonds. The highest BCUT2D eigenvalue weighted by atomic mass is 32.1. The van der Waals surface area contributed by atoms with Crippen LogP contribution in [0.4, 0.5) is 5.69 Å². The molecular weight excluding hydrogens is 439 g/mol. The van der Waals surface area contributed by atoms with Crippen LogP contribution in [0.5, 0.6) is 5.75 Å². The van der Waals surface area contributed by atoms with Crippen LogP contribution < -0.4 is 15.3 Å². The van der Waals surface area contributed by atoms with E-state index in [0.29, 0.717) is 23.5 Å². The summed E-state index contributed by atoms with van der Waals surface area (Å²) in [5, 5.41) is 2.50. The van der Waals surface area contributed by atoms with Gasteiger partial charge in [0.1, 0.15) is 12.3 Å². The van der Waals surface area contributed by atoms with E-state index in [-0.39, 0.29) is 18.6 Å². The number of rotatable bonds is 8. The van der Waals surface area contributed by atoms with Crippen molar-refractivity contribution in [3.8, 4) is 18.6 Å². The first-order valence-electron chi connectivity index (χ1n) is 9.49. The topological polar surface area (TPSA) is 117 Å². The van der Waals surface area contributed by atoms with Gasteiger partial charge in [-0.05, 0) is 36.1 Å². The number of thiol groups is 1. The maximum Gasteiger partial charge on any atom is 0.459 e. The molecule has 1 aromatic rings. The Morgan fingerprint density at radius 2 is 1.68 bits per heavy atom. The molecule has 1 unspecified atom stereocenters. The van der Waals surface area contributed by atoms with Gasteiger partial charge in [0, 0.05) is 5.69 Å². The Bertz CT molecular complexity index is 660. The average molecular weight is 477 g/mol. The average Bonchev–Trinajstić information content (AvgIpc) is 2.70. The van der Waals surface area contributed by atoms with Crippen molar-refractivity contribution in [1.82, 2.24) is 5.09 Å². The number of esters is 1. The molecule has 0 aliphatic carbocycles. The zero-order valence-electron chi connectivity index (χ0n) is 19.3. The molecule has 10 heteroatoms. The number of nitrogen functional groups attached to an aromatic ring is 1. The first kappa shape index (κ1) is 33.7. The van der Waals surface area contributed by atoms with Gasteiger partial charge in [-0.25, -0.2) is 9.65 Å². The monoisotopic (exact) mass is 476 g/mol. The van der Waals surface area contributed by atoms with Crippen LogP contribution in [0.1, 0.15) is 47.5 Å². The van der Waals surface area contributed by atoms with Gasteiger partial charge in [0.2, 0.25) is 0 Å². The number of benzene rings is 1. The highest BCUT2D eigenvalue weighted by Gasteiger charge is 2.28. The lowest BCUT2D eigenvalue weighted by molar-refractivity contribution is -0.139. The highest BCUT2D eigenvalue weighted by Crippen LogP contribution is 2.44. The molecule has 31 heavy (non-hydrogen) atoms. The van der Waals surface area contributed by atoms with Crippen molar-refractivity contribution in [2.24, 2.45) is 5.41 Å². The SMILES string of the molecule is C#C.CCC.COC(=O)CNP(=O)(OCCC(C)(C)C)Oc1ccc(N)cc1.O=CS. The number of nitrogens with one attached hydrogen (secondary N) is 1. The smallest absolute Gasteiger partial charge is 0.459 e. The van der Waals surface area contributed by atoms with Crippen molar-refractivity contribution in [3.05, 3.63) is 24.3 Å². The van der Waals surface area contributed by atoms with E-state index in [1.807, 2.05) is 20.8 Å². The summed E-state index contributed by atoms with van der Waals surface area (Å²) in [6, 6.07) is 6.40. The van der Waals surface area contributed by atoms with Gasteiger partial charge in [0.05, 0.1) is 13.7 Å². The maximum absolute atomic E-state index is 12.8. The van der Waals surface area contributed by atoms with Crippen LogP contribution in [0.2, 0.25) is 0 Å². The molecule has 0 heterocycles. The van der Waals surface area contributed by atoms with Gasteiger partial charge in [0.15, 0.2) is 5.62 Å². The molecule has 1 aromatic carbocycles. The van der Waals surface area contributed by atoms with Gasteiger partial charge >= 0.3 is 13.7 Å². The van der Waals surface area contributed by atoms with E-state index < -0.39 is 13.7 Å². The Labute approximate surface area is 192 Å². The number of carbonyl (C=O) groups excluding carboxylic acids is 2. The van der Waals surface area contributed by atoms with Crippen molar-refractivity contribution in [1.29, 1.82) is 0 Å². The van der Waals surface area contributed by atoms with E-state index in [9.17, 15) is 9.36 Å². The Balaban J connectivity index is -0.000000855. The van der Waals surface area contributed by atoms with E-state index in [0.717, 1.165) is 0 Å². The molecule has 8 nitrogen and oxygen atoms in total. The number of hydrogen-bond acceptors (Lipinski definition) is 7. The van der Waals surface area contributed by atoms with Crippen molar-refractivity contribution in [3.63, 3.8) is 0 Å². The summed E-state index contributed by atoms with van der Waals surface area (Å²) >= 11 is 3.11. The van der Waals surface area contributed by atoms with E-state index in [1.54, 1.807) is 24.3 Å². The molecule has 1 rings (SSSR count). The van der Waals surface area contributed by atoms with Gasteiger partial charge in [-0.1, -0.05) is 41.0 Å². The molecule has 3 N–H and O–H groups in total. The predicted octanol–water partition coefficient (Wildman–Crippen LogP) is 4.74. The summed E-state index contributed by atoms with van der Waals surface area (Å²) in [6.45, 7) is 10.3. The van der Waals surface area contributed by atoms with Crippen molar-refractivity contribution < 1.29 is 27.9 Å². The third kappa shape index (κ3) is 22.5. The fraction of sp³-hybridized carbons (Fsp3) is 0.524. The summed E-state index contributed by atoms with van der Waals surface area (Å²) in [4.78, 5) is 19.9. The minimum atomic E-state index is -3.70. The molecule has 0 spiro atoms. The van der Waals surface area contributed by atoms with Crippen LogP contribution in [0.3, 0.4) is 0 Å². The fourth-order valence-corrected chi connectivity index (χ4v) is 2.74. The van der Waals surface area contributed by atoms with Gasteiger partial charge < -0.3 is 15.0 Å².